The highest BCUT2D eigenvalue weighted by Crippen LogP contribution is 2.28. The van der Waals surface area contributed by atoms with Gasteiger partial charge in [-0.15, -0.1) is 0 Å². The number of hydrogen-bond donors (Lipinski definition) is 1. The van der Waals surface area contributed by atoms with Crippen LogP contribution in [0.3, 0.4) is 0 Å². The summed E-state index contributed by atoms with van der Waals surface area (Å²) in [5.41, 5.74) is 1.35. The van der Waals surface area contributed by atoms with Gasteiger partial charge in [0.15, 0.2) is 0 Å². The molecule has 2 saturated heterocycles. The van der Waals surface area contributed by atoms with Gasteiger partial charge in [-0.05, 0) is 18.7 Å². The van der Waals surface area contributed by atoms with Gasteiger partial charge in [-0.25, -0.2) is 0 Å². The van der Waals surface area contributed by atoms with Crippen molar-refractivity contribution in [1.82, 2.24) is 20.1 Å². The van der Waals surface area contributed by atoms with E-state index in [2.05, 4.69) is 33.2 Å². The minimum absolute atomic E-state index is 0.509. The Morgan fingerprint density at radius 3 is 3.18 bits per heavy atom. The Bertz CT molecular complexity index is 367. The van der Waals surface area contributed by atoms with E-state index < -0.39 is 0 Å². The van der Waals surface area contributed by atoms with Gasteiger partial charge < -0.3 is 10.2 Å². The molecule has 92 valence electrons. The molecule has 4 nitrogen and oxygen atoms in total. The summed E-state index contributed by atoms with van der Waals surface area (Å²) in [6.07, 6.45) is 3.87. The predicted molar refractivity (Wildman–Crippen MR) is 67.8 cm³/mol. The zero-order valence-electron chi connectivity index (χ0n) is 10.3. The molecule has 0 radical (unpaired) electrons. The Kier molecular flexibility index (Phi) is 3.09. The Morgan fingerprint density at radius 2 is 2.35 bits per heavy atom. The summed E-state index contributed by atoms with van der Waals surface area (Å²) < 4.78 is 0. The smallest absolute Gasteiger partial charge is 0.0494 e. The average Bonchev–Trinajstić information content (AvgIpc) is 2.39. The van der Waals surface area contributed by atoms with Crippen molar-refractivity contribution in [2.75, 3.05) is 39.8 Å². The topological polar surface area (TPSA) is 31.4 Å². The number of aromatic nitrogens is 1. The quantitative estimate of drug-likeness (QED) is 0.757. The van der Waals surface area contributed by atoms with Crippen LogP contribution in [0, 0.1) is 0 Å². The van der Waals surface area contributed by atoms with Crippen LogP contribution in [-0.4, -0.2) is 60.6 Å². The molecule has 2 aliphatic rings. The molecule has 2 unspecified atom stereocenters. The molecule has 2 aliphatic heterocycles. The standard InChI is InChI=1S/C13H20N4/c1-16-9-12-8-15-5-6-17(12)13(10-16)11-3-2-4-14-7-11/h2-4,7,12-13,15H,5-6,8-10H2,1H3. The van der Waals surface area contributed by atoms with Crippen molar-refractivity contribution in [1.29, 1.82) is 0 Å². The van der Waals surface area contributed by atoms with Crippen molar-refractivity contribution < 1.29 is 0 Å². The molecular weight excluding hydrogens is 212 g/mol. The molecule has 3 rings (SSSR count). The maximum Gasteiger partial charge on any atom is 0.0494 e. The number of fused-ring (bicyclic) bond motifs is 1. The van der Waals surface area contributed by atoms with Gasteiger partial charge in [0.25, 0.3) is 0 Å². The van der Waals surface area contributed by atoms with Crippen LogP contribution in [0.15, 0.2) is 24.5 Å². The largest absolute Gasteiger partial charge is 0.314 e. The van der Waals surface area contributed by atoms with Crippen molar-refractivity contribution in [3.8, 4) is 0 Å². The van der Waals surface area contributed by atoms with Gasteiger partial charge in [-0.1, -0.05) is 6.07 Å². The number of nitrogens with one attached hydrogen (secondary N) is 1. The molecule has 0 bridgehead atoms. The summed E-state index contributed by atoms with van der Waals surface area (Å²) in [7, 11) is 2.22. The maximum atomic E-state index is 4.26. The highest BCUT2D eigenvalue weighted by molar-refractivity contribution is 5.16. The molecule has 0 aromatic carbocycles. The zero-order valence-corrected chi connectivity index (χ0v) is 10.3. The van der Waals surface area contributed by atoms with E-state index in [1.165, 1.54) is 12.1 Å². The normalized spacial score (nSPS) is 31.1. The maximum absolute atomic E-state index is 4.26. The van der Waals surface area contributed by atoms with Gasteiger partial charge in [0, 0.05) is 57.2 Å². The van der Waals surface area contributed by atoms with Crippen molar-refractivity contribution in [3.05, 3.63) is 30.1 Å². The van der Waals surface area contributed by atoms with E-state index in [0.29, 0.717) is 12.1 Å². The second-order valence-corrected chi connectivity index (χ2v) is 5.12. The highest BCUT2D eigenvalue weighted by Gasteiger charge is 2.35. The molecule has 3 heterocycles. The van der Waals surface area contributed by atoms with E-state index in [1.54, 1.807) is 0 Å². The van der Waals surface area contributed by atoms with Crippen LogP contribution in [-0.2, 0) is 0 Å². The molecule has 17 heavy (non-hydrogen) atoms. The molecule has 1 aromatic rings. The lowest BCUT2D eigenvalue weighted by atomic mass is 9.99. The third-order valence-corrected chi connectivity index (χ3v) is 3.87. The molecule has 1 N–H and O–H groups in total. The highest BCUT2D eigenvalue weighted by atomic mass is 15.3. The van der Waals surface area contributed by atoms with E-state index >= 15 is 0 Å². The first-order chi connectivity index (χ1) is 8.34. The molecule has 0 saturated carbocycles. The molecule has 2 atom stereocenters. The lowest BCUT2D eigenvalue weighted by molar-refractivity contribution is 0.0193. The number of pyridine rings is 1. The first kappa shape index (κ1) is 11.1. The first-order valence-corrected chi connectivity index (χ1v) is 6.39. The van der Waals surface area contributed by atoms with Crippen LogP contribution < -0.4 is 5.32 Å². The lowest BCUT2D eigenvalue weighted by Gasteiger charge is -2.48. The van der Waals surface area contributed by atoms with Crippen LogP contribution in [0.1, 0.15) is 11.6 Å². The Balaban J connectivity index is 1.86. The van der Waals surface area contributed by atoms with Crippen LogP contribution >= 0.6 is 0 Å². The second kappa shape index (κ2) is 4.72. The van der Waals surface area contributed by atoms with E-state index in [1.807, 2.05) is 18.5 Å². The fraction of sp³-hybridized carbons (Fsp3) is 0.615. The average molecular weight is 232 g/mol. The van der Waals surface area contributed by atoms with Crippen LogP contribution in [0.4, 0.5) is 0 Å². The van der Waals surface area contributed by atoms with Crippen molar-refractivity contribution in [2.24, 2.45) is 0 Å². The molecule has 0 aliphatic carbocycles. The summed E-state index contributed by atoms with van der Waals surface area (Å²) in [6.45, 7) is 5.65. The molecule has 2 fully saturated rings. The fourth-order valence-electron chi connectivity index (χ4n) is 3.06. The van der Waals surface area contributed by atoms with Gasteiger partial charge in [0.1, 0.15) is 0 Å². The van der Waals surface area contributed by atoms with E-state index in [-0.39, 0.29) is 0 Å². The molecular formula is C13H20N4. The van der Waals surface area contributed by atoms with Crippen molar-refractivity contribution >= 4 is 0 Å². The third kappa shape index (κ3) is 2.20. The zero-order chi connectivity index (χ0) is 11.7. The minimum Gasteiger partial charge on any atom is -0.314 e. The molecule has 1 aromatic heterocycles. The van der Waals surface area contributed by atoms with E-state index in [4.69, 9.17) is 0 Å². The van der Waals surface area contributed by atoms with Gasteiger partial charge in [-0.3, -0.25) is 9.88 Å². The summed E-state index contributed by atoms with van der Waals surface area (Å²) in [6, 6.07) is 5.40. The number of likely N-dealkylation sites (N-methyl/N-ethyl adjacent to an activating group) is 1. The molecule has 0 amide bonds. The first-order valence-electron chi connectivity index (χ1n) is 6.39. The Morgan fingerprint density at radius 1 is 1.41 bits per heavy atom. The third-order valence-electron chi connectivity index (χ3n) is 3.87. The van der Waals surface area contributed by atoms with Crippen LogP contribution in [0.25, 0.3) is 0 Å². The number of nitrogens with zero attached hydrogens (tertiary/aromatic N) is 3. The predicted octanol–water partition coefficient (Wildman–Crippen LogP) is 0.342. The van der Waals surface area contributed by atoms with Gasteiger partial charge in [0.05, 0.1) is 0 Å². The number of hydrogen-bond acceptors (Lipinski definition) is 4. The molecule has 4 heteroatoms. The van der Waals surface area contributed by atoms with Crippen molar-refractivity contribution in [2.45, 2.75) is 12.1 Å². The Hall–Kier alpha value is -0.970. The summed E-state index contributed by atoms with van der Waals surface area (Å²) in [5, 5.41) is 3.49. The fourth-order valence-corrected chi connectivity index (χ4v) is 3.06. The monoisotopic (exact) mass is 232 g/mol. The van der Waals surface area contributed by atoms with Gasteiger partial charge >= 0.3 is 0 Å². The Labute approximate surface area is 103 Å². The summed E-state index contributed by atoms with van der Waals surface area (Å²) in [4.78, 5) is 9.34. The summed E-state index contributed by atoms with van der Waals surface area (Å²) in [5.74, 6) is 0. The van der Waals surface area contributed by atoms with E-state index in [0.717, 1.165) is 26.2 Å². The number of piperazine rings is 2. The van der Waals surface area contributed by atoms with Gasteiger partial charge in [-0.2, -0.15) is 0 Å². The second-order valence-electron chi connectivity index (χ2n) is 5.12. The number of rotatable bonds is 1. The molecule has 0 spiro atoms. The van der Waals surface area contributed by atoms with Crippen LogP contribution in [0.5, 0.6) is 0 Å². The minimum atomic E-state index is 0.509. The van der Waals surface area contributed by atoms with E-state index in [9.17, 15) is 0 Å². The van der Waals surface area contributed by atoms with Crippen molar-refractivity contribution in [3.63, 3.8) is 0 Å². The lowest BCUT2D eigenvalue weighted by Crippen LogP contribution is -2.61. The van der Waals surface area contributed by atoms with Gasteiger partial charge in [0.2, 0.25) is 0 Å². The summed E-state index contributed by atoms with van der Waals surface area (Å²) >= 11 is 0. The SMILES string of the molecule is CN1CC2CNCCN2C(c2cccnc2)C1. The van der Waals surface area contributed by atoms with Crippen LogP contribution in [0.2, 0.25) is 0 Å².